The third-order valence-corrected chi connectivity index (χ3v) is 2.14. The van der Waals surface area contributed by atoms with Crippen LogP contribution in [0.25, 0.3) is 0 Å². The molecular formula is C8H19N3. The van der Waals surface area contributed by atoms with Crippen LogP contribution in [-0.2, 0) is 0 Å². The molecule has 1 fully saturated rings. The second-order valence-electron chi connectivity index (χ2n) is 2.93. The van der Waals surface area contributed by atoms with Crippen LogP contribution < -0.4 is 10.6 Å². The van der Waals surface area contributed by atoms with E-state index in [1.165, 1.54) is 19.6 Å². The Balaban J connectivity index is 2.19. The highest BCUT2D eigenvalue weighted by molar-refractivity contribution is 4.63. The molecule has 66 valence electrons. The zero-order chi connectivity index (χ0) is 7.94. The molecule has 0 aliphatic carbocycles. The fraction of sp³-hybridized carbons (Fsp3) is 1.00. The lowest BCUT2D eigenvalue weighted by atomic mass is 10.4. The van der Waals surface area contributed by atoms with E-state index in [0.29, 0.717) is 0 Å². The van der Waals surface area contributed by atoms with Gasteiger partial charge in [0.05, 0.1) is 0 Å². The highest BCUT2D eigenvalue weighted by Gasteiger charge is 2.02. The first kappa shape index (κ1) is 8.97. The molecule has 0 spiro atoms. The van der Waals surface area contributed by atoms with Crippen molar-refractivity contribution in [2.24, 2.45) is 0 Å². The molecule has 0 saturated carbocycles. The number of nitrogens with one attached hydrogen (secondary N) is 2. The molecule has 1 rings (SSSR count). The zero-order valence-corrected chi connectivity index (χ0v) is 7.40. The molecule has 0 unspecified atom stereocenters. The summed E-state index contributed by atoms with van der Waals surface area (Å²) >= 11 is 0. The van der Waals surface area contributed by atoms with Gasteiger partial charge in [0, 0.05) is 39.3 Å². The minimum Gasteiger partial charge on any atom is -0.314 e. The third kappa shape index (κ3) is 3.70. The van der Waals surface area contributed by atoms with Crippen molar-refractivity contribution in [3.05, 3.63) is 0 Å². The average Bonchev–Trinajstić information content (AvgIpc) is 2.16. The maximum Gasteiger partial charge on any atom is 0.0107 e. The Morgan fingerprint density at radius 2 is 1.55 bits per heavy atom. The molecule has 1 saturated heterocycles. The molecule has 3 nitrogen and oxygen atoms in total. The Labute approximate surface area is 69.1 Å². The number of nitrogens with zero attached hydrogens (tertiary/aromatic N) is 1. The minimum absolute atomic E-state index is 1.11. The first-order valence-electron chi connectivity index (χ1n) is 4.57. The van der Waals surface area contributed by atoms with Gasteiger partial charge in [-0.15, -0.1) is 0 Å². The Hall–Kier alpha value is -0.120. The summed E-state index contributed by atoms with van der Waals surface area (Å²) in [6.07, 6.45) is 0. The van der Waals surface area contributed by atoms with Crippen LogP contribution in [0.1, 0.15) is 6.92 Å². The van der Waals surface area contributed by atoms with Crippen LogP contribution in [0.5, 0.6) is 0 Å². The Kier molecular flexibility index (Phi) is 4.50. The zero-order valence-electron chi connectivity index (χ0n) is 7.40. The quantitative estimate of drug-likeness (QED) is 0.537. The van der Waals surface area contributed by atoms with Gasteiger partial charge in [-0.25, -0.2) is 0 Å². The monoisotopic (exact) mass is 157 g/mol. The van der Waals surface area contributed by atoms with E-state index in [-0.39, 0.29) is 0 Å². The lowest BCUT2D eigenvalue weighted by Crippen LogP contribution is -2.33. The van der Waals surface area contributed by atoms with Crippen LogP contribution in [0.15, 0.2) is 0 Å². The molecule has 0 radical (unpaired) electrons. The summed E-state index contributed by atoms with van der Waals surface area (Å²) in [4.78, 5) is 2.46. The number of rotatable bonds is 1. The van der Waals surface area contributed by atoms with Crippen LogP contribution in [0.3, 0.4) is 0 Å². The highest BCUT2D eigenvalue weighted by atomic mass is 15.2. The van der Waals surface area contributed by atoms with E-state index in [1.807, 2.05) is 0 Å². The third-order valence-electron chi connectivity index (χ3n) is 2.14. The molecule has 0 aromatic heterocycles. The highest BCUT2D eigenvalue weighted by Crippen LogP contribution is 1.85. The molecule has 1 aliphatic rings. The first-order chi connectivity index (χ1) is 5.43. The summed E-state index contributed by atoms with van der Waals surface area (Å²) in [5.41, 5.74) is 0. The van der Waals surface area contributed by atoms with Crippen molar-refractivity contribution in [2.75, 3.05) is 45.8 Å². The van der Waals surface area contributed by atoms with Crippen molar-refractivity contribution in [3.63, 3.8) is 0 Å². The van der Waals surface area contributed by atoms with E-state index in [9.17, 15) is 0 Å². The molecule has 11 heavy (non-hydrogen) atoms. The normalized spacial score (nSPS) is 23.7. The fourth-order valence-corrected chi connectivity index (χ4v) is 1.33. The molecule has 0 atom stereocenters. The lowest BCUT2D eigenvalue weighted by molar-refractivity contribution is 0.295. The second-order valence-corrected chi connectivity index (χ2v) is 2.93. The molecule has 3 heteroatoms. The number of hydrogen-bond acceptors (Lipinski definition) is 3. The Morgan fingerprint density at radius 3 is 2.00 bits per heavy atom. The molecule has 1 heterocycles. The van der Waals surface area contributed by atoms with Crippen molar-refractivity contribution in [1.29, 1.82) is 0 Å². The van der Waals surface area contributed by atoms with Gasteiger partial charge in [-0.1, -0.05) is 6.92 Å². The van der Waals surface area contributed by atoms with E-state index < -0.39 is 0 Å². The molecule has 2 N–H and O–H groups in total. The van der Waals surface area contributed by atoms with Crippen LogP contribution in [0.4, 0.5) is 0 Å². The standard InChI is InChI=1S/C8H19N3/c1-2-11-7-5-9-3-4-10-6-8-11/h9-10H,2-8H2,1H3. The number of hydrogen-bond donors (Lipinski definition) is 2. The van der Waals surface area contributed by atoms with Gasteiger partial charge >= 0.3 is 0 Å². The molecule has 0 bridgehead atoms. The van der Waals surface area contributed by atoms with Crippen LogP contribution in [0, 0.1) is 0 Å². The predicted octanol–water partition coefficient (Wildman–Crippen LogP) is -0.499. The SMILES string of the molecule is CCN1CCNCCNCC1. The van der Waals surface area contributed by atoms with Crippen molar-refractivity contribution >= 4 is 0 Å². The maximum atomic E-state index is 3.39. The Bertz CT molecular complexity index is 85.3. The van der Waals surface area contributed by atoms with Gasteiger partial charge in [0.25, 0.3) is 0 Å². The average molecular weight is 157 g/mol. The minimum atomic E-state index is 1.11. The smallest absolute Gasteiger partial charge is 0.0107 e. The van der Waals surface area contributed by atoms with Crippen molar-refractivity contribution < 1.29 is 0 Å². The Morgan fingerprint density at radius 1 is 1.00 bits per heavy atom. The summed E-state index contributed by atoms with van der Waals surface area (Å²) in [6, 6.07) is 0. The van der Waals surface area contributed by atoms with Gasteiger partial charge in [0.1, 0.15) is 0 Å². The van der Waals surface area contributed by atoms with Crippen LogP contribution >= 0.6 is 0 Å². The molecule has 0 aromatic rings. The summed E-state index contributed by atoms with van der Waals surface area (Å²) in [5, 5.41) is 6.77. The predicted molar refractivity (Wildman–Crippen MR) is 47.9 cm³/mol. The summed E-state index contributed by atoms with van der Waals surface area (Å²) in [5.74, 6) is 0. The fourth-order valence-electron chi connectivity index (χ4n) is 1.33. The van der Waals surface area contributed by atoms with Crippen molar-refractivity contribution in [2.45, 2.75) is 6.92 Å². The van der Waals surface area contributed by atoms with Crippen LogP contribution in [0.2, 0.25) is 0 Å². The van der Waals surface area contributed by atoms with Gasteiger partial charge in [0.2, 0.25) is 0 Å². The van der Waals surface area contributed by atoms with Crippen molar-refractivity contribution in [1.82, 2.24) is 15.5 Å². The van der Waals surface area contributed by atoms with E-state index in [4.69, 9.17) is 0 Å². The van der Waals surface area contributed by atoms with Gasteiger partial charge in [-0.3, -0.25) is 0 Å². The summed E-state index contributed by atoms with van der Waals surface area (Å²) in [7, 11) is 0. The van der Waals surface area contributed by atoms with E-state index >= 15 is 0 Å². The molecule has 1 aliphatic heterocycles. The maximum absolute atomic E-state index is 3.39. The van der Waals surface area contributed by atoms with Gasteiger partial charge in [-0.05, 0) is 6.54 Å². The summed E-state index contributed by atoms with van der Waals surface area (Å²) in [6.45, 7) is 10.3. The van der Waals surface area contributed by atoms with E-state index in [1.54, 1.807) is 0 Å². The molecule has 0 aromatic carbocycles. The van der Waals surface area contributed by atoms with Crippen molar-refractivity contribution in [3.8, 4) is 0 Å². The lowest BCUT2D eigenvalue weighted by Gasteiger charge is -2.18. The largest absolute Gasteiger partial charge is 0.314 e. The van der Waals surface area contributed by atoms with Gasteiger partial charge in [0.15, 0.2) is 0 Å². The topological polar surface area (TPSA) is 27.3 Å². The van der Waals surface area contributed by atoms with Gasteiger partial charge in [-0.2, -0.15) is 0 Å². The summed E-state index contributed by atoms with van der Waals surface area (Å²) < 4.78 is 0. The molecule has 0 amide bonds. The van der Waals surface area contributed by atoms with E-state index in [0.717, 1.165) is 26.2 Å². The van der Waals surface area contributed by atoms with Gasteiger partial charge < -0.3 is 15.5 Å². The molecular weight excluding hydrogens is 138 g/mol. The first-order valence-corrected chi connectivity index (χ1v) is 4.57. The van der Waals surface area contributed by atoms with Crippen LogP contribution in [-0.4, -0.2) is 50.7 Å². The second kappa shape index (κ2) is 5.52. The number of likely N-dealkylation sites (N-methyl/N-ethyl adjacent to an activating group) is 1. The van der Waals surface area contributed by atoms with E-state index in [2.05, 4.69) is 22.5 Å².